The number of aromatic nitrogens is 3. The zero-order valence-corrected chi connectivity index (χ0v) is 15.8. The van der Waals surface area contributed by atoms with Gasteiger partial charge in [0.1, 0.15) is 18.5 Å². The minimum Gasteiger partial charge on any atom is -0.390 e. The molecule has 14 heteroatoms. The van der Waals surface area contributed by atoms with Crippen LogP contribution in [0, 0.1) is 20.2 Å². The van der Waals surface area contributed by atoms with Crippen molar-refractivity contribution in [1.29, 1.82) is 0 Å². The summed E-state index contributed by atoms with van der Waals surface area (Å²) in [7, 11) is -2.13. The van der Waals surface area contributed by atoms with Gasteiger partial charge in [0, 0.05) is 0 Å². The molecular weight excluding hydrogens is 389 g/mol. The van der Waals surface area contributed by atoms with Gasteiger partial charge in [0.2, 0.25) is 0 Å². The molecule has 1 unspecified atom stereocenters. The SMILES string of the molecule is CC(C)P(=O)(OCc1cnc([N+](=O)[O-])s1)OCc1cnc([N+](=O)[O-])n1C. The topological polar surface area (TPSA) is 153 Å². The molecule has 0 amide bonds. The molecule has 2 heterocycles. The maximum atomic E-state index is 12.9. The van der Waals surface area contributed by atoms with E-state index in [4.69, 9.17) is 9.05 Å². The Kier molecular flexibility index (Phi) is 6.18. The van der Waals surface area contributed by atoms with E-state index in [9.17, 15) is 24.8 Å². The Hall–Kier alpha value is -2.21. The number of hydrogen-bond donors (Lipinski definition) is 0. The van der Waals surface area contributed by atoms with Gasteiger partial charge in [0.05, 0.1) is 24.2 Å². The molecule has 142 valence electrons. The molecule has 0 saturated carbocycles. The molecule has 0 aliphatic carbocycles. The quantitative estimate of drug-likeness (QED) is 0.348. The third-order valence-electron chi connectivity index (χ3n) is 3.33. The average Bonchev–Trinajstić information content (AvgIpc) is 3.17. The Morgan fingerprint density at radius 3 is 2.35 bits per heavy atom. The normalized spacial score (nSPS) is 13.7. The van der Waals surface area contributed by atoms with Gasteiger partial charge in [-0.15, -0.1) is 0 Å². The van der Waals surface area contributed by atoms with Gasteiger partial charge in [0.25, 0.3) is 0 Å². The fourth-order valence-electron chi connectivity index (χ4n) is 1.83. The number of thiazole rings is 1. The molecule has 1 atom stereocenters. The second kappa shape index (κ2) is 7.99. The van der Waals surface area contributed by atoms with Gasteiger partial charge >= 0.3 is 18.7 Å². The number of rotatable bonds is 9. The zero-order chi connectivity index (χ0) is 19.5. The van der Waals surface area contributed by atoms with Crippen LogP contribution in [0.3, 0.4) is 0 Å². The first-order chi connectivity index (χ1) is 12.1. The molecule has 0 aliphatic heterocycles. The Bertz CT molecular complexity index is 864. The third kappa shape index (κ3) is 4.49. The molecular formula is C12H16N5O7PS. The lowest BCUT2D eigenvalue weighted by atomic mass is 10.5. The molecule has 2 aromatic rings. The summed E-state index contributed by atoms with van der Waals surface area (Å²) in [6.45, 7) is 2.92. The molecule has 2 rings (SSSR count). The molecule has 0 saturated heterocycles. The van der Waals surface area contributed by atoms with Crippen molar-refractivity contribution < 1.29 is 23.5 Å². The summed E-state index contributed by atoms with van der Waals surface area (Å²) in [6, 6.07) is 0. The zero-order valence-electron chi connectivity index (χ0n) is 14.1. The molecule has 2 aromatic heterocycles. The van der Waals surface area contributed by atoms with Gasteiger partial charge in [-0.05, 0) is 26.2 Å². The van der Waals surface area contributed by atoms with Gasteiger partial charge in [0.15, 0.2) is 6.20 Å². The lowest BCUT2D eigenvalue weighted by molar-refractivity contribution is -0.396. The van der Waals surface area contributed by atoms with Crippen LogP contribution in [-0.4, -0.2) is 30.0 Å². The predicted octanol–water partition coefficient (Wildman–Crippen LogP) is 3.03. The highest BCUT2D eigenvalue weighted by atomic mass is 32.1. The first-order valence-corrected chi connectivity index (χ1v) is 9.69. The second-order valence-corrected chi connectivity index (χ2v) is 9.13. The molecule has 0 spiro atoms. The van der Waals surface area contributed by atoms with E-state index in [0.717, 1.165) is 11.3 Å². The maximum Gasteiger partial charge on any atom is 0.434 e. The largest absolute Gasteiger partial charge is 0.434 e. The Balaban J connectivity index is 2.05. The number of imidazole rings is 1. The summed E-state index contributed by atoms with van der Waals surface area (Å²) in [6.07, 6.45) is 2.54. The highest BCUT2D eigenvalue weighted by molar-refractivity contribution is 7.54. The highest BCUT2D eigenvalue weighted by Crippen LogP contribution is 2.54. The second-order valence-electron chi connectivity index (χ2n) is 5.41. The Morgan fingerprint density at radius 2 is 1.85 bits per heavy atom. The lowest BCUT2D eigenvalue weighted by Crippen LogP contribution is -2.08. The van der Waals surface area contributed by atoms with E-state index < -0.39 is 23.1 Å². The van der Waals surface area contributed by atoms with E-state index in [2.05, 4.69) is 9.97 Å². The molecule has 0 aromatic carbocycles. The van der Waals surface area contributed by atoms with Crippen LogP contribution in [0.4, 0.5) is 11.1 Å². The van der Waals surface area contributed by atoms with E-state index in [1.165, 1.54) is 24.0 Å². The Morgan fingerprint density at radius 1 is 1.19 bits per heavy atom. The van der Waals surface area contributed by atoms with Crippen molar-refractivity contribution in [2.75, 3.05) is 0 Å². The van der Waals surface area contributed by atoms with Gasteiger partial charge in [-0.2, -0.15) is 0 Å². The molecule has 0 fully saturated rings. The number of nitrogens with zero attached hydrogens (tertiary/aromatic N) is 5. The van der Waals surface area contributed by atoms with Gasteiger partial charge in [-0.3, -0.25) is 4.57 Å². The summed E-state index contributed by atoms with van der Waals surface area (Å²) < 4.78 is 24.9. The monoisotopic (exact) mass is 405 g/mol. The van der Waals surface area contributed by atoms with Crippen LogP contribution < -0.4 is 0 Å². The molecule has 0 bridgehead atoms. The maximum absolute atomic E-state index is 12.9. The van der Waals surface area contributed by atoms with Gasteiger partial charge < -0.3 is 29.3 Å². The van der Waals surface area contributed by atoms with Crippen LogP contribution in [0.1, 0.15) is 24.4 Å². The van der Waals surface area contributed by atoms with Crippen LogP contribution in [0.25, 0.3) is 0 Å². The molecule has 0 N–H and O–H groups in total. The molecule has 0 aliphatic rings. The average molecular weight is 405 g/mol. The fourth-order valence-corrected chi connectivity index (χ4v) is 3.86. The fraction of sp³-hybridized carbons (Fsp3) is 0.500. The summed E-state index contributed by atoms with van der Waals surface area (Å²) >= 11 is 0.816. The van der Waals surface area contributed by atoms with Crippen molar-refractivity contribution in [1.82, 2.24) is 14.5 Å². The van der Waals surface area contributed by atoms with E-state index in [1.807, 2.05) is 0 Å². The summed E-state index contributed by atoms with van der Waals surface area (Å²) in [5.41, 5.74) is -0.136. The molecule has 26 heavy (non-hydrogen) atoms. The van der Waals surface area contributed by atoms with Gasteiger partial charge in [-0.1, -0.05) is 18.8 Å². The van der Waals surface area contributed by atoms with Crippen LogP contribution in [0.2, 0.25) is 0 Å². The minimum atomic E-state index is -3.57. The van der Waals surface area contributed by atoms with Gasteiger partial charge in [-0.25, -0.2) is 4.57 Å². The lowest BCUT2D eigenvalue weighted by Gasteiger charge is -2.20. The van der Waals surface area contributed by atoms with Crippen LogP contribution in [0.5, 0.6) is 0 Å². The smallest absolute Gasteiger partial charge is 0.390 e. The van der Waals surface area contributed by atoms with E-state index in [1.54, 1.807) is 13.8 Å². The first kappa shape index (κ1) is 20.1. The van der Waals surface area contributed by atoms with E-state index in [0.29, 0.717) is 10.6 Å². The van der Waals surface area contributed by atoms with E-state index in [-0.39, 0.29) is 24.3 Å². The third-order valence-corrected chi connectivity index (χ3v) is 6.50. The number of hydrogen-bond acceptors (Lipinski definition) is 10. The van der Waals surface area contributed by atoms with Crippen molar-refractivity contribution in [3.63, 3.8) is 0 Å². The van der Waals surface area contributed by atoms with Crippen LogP contribution >= 0.6 is 18.9 Å². The summed E-state index contributed by atoms with van der Waals surface area (Å²) in [4.78, 5) is 27.9. The Labute approximate surface area is 151 Å². The highest BCUT2D eigenvalue weighted by Gasteiger charge is 2.31. The predicted molar refractivity (Wildman–Crippen MR) is 91.0 cm³/mol. The van der Waals surface area contributed by atoms with Crippen molar-refractivity contribution >= 4 is 30.0 Å². The minimum absolute atomic E-state index is 0.160. The van der Waals surface area contributed by atoms with Crippen molar-refractivity contribution in [3.8, 4) is 0 Å². The van der Waals surface area contributed by atoms with Crippen molar-refractivity contribution in [2.24, 2.45) is 7.05 Å². The summed E-state index contributed by atoms with van der Waals surface area (Å²) in [5.74, 6) is -0.360. The van der Waals surface area contributed by atoms with Crippen LogP contribution in [0.15, 0.2) is 12.4 Å². The van der Waals surface area contributed by atoms with Crippen LogP contribution in [-0.2, 0) is 33.9 Å². The molecule has 0 radical (unpaired) electrons. The summed E-state index contributed by atoms with van der Waals surface area (Å²) in [5, 5.41) is 21.2. The van der Waals surface area contributed by atoms with Crippen molar-refractivity contribution in [2.45, 2.75) is 32.7 Å². The first-order valence-electron chi connectivity index (χ1n) is 7.27. The van der Waals surface area contributed by atoms with Crippen molar-refractivity contribution in [3.05, 3.63) is 43.2 Å². The number of nitro groups is 2. The molecule has 12 nitrogen and oxygen atoms in total. The standard InChI is InChI=1S/C12H16N5O7PS/c1-8(2)25(22,24-7-10-5-14-12(26-10)17(20)21)23-6-9-4-13-11(15(9)3)16(18)19/h4-5,8H,6-7H2,1-3H3. The van der Waals surface area contributed by atoms with E-state index >= 15 is 0 Å².